The van der Waals surface area contributed by atoms with E-state index in [4.69, 9.17) is 11.6 Å². The van der Waals surface area contributed by atoms with E-state index in [1.165, 1.54) is 40.4 Å². The first-order chi connectivity index (χ1) is 15.9. The van der Waals surface area contributed by atoms with Crippen molar-refractivity contribution in [2.75, 3.05) is 11.1 Å². The van der Waals surface area contributed by atoms with E-state index in [1.807, 2.05) is 4.57 Å². The number of hydrogen-bond donors (Lipinski definition) is 1. The number of thiophene rings is 1. The van der Waals surface area contributed by atoms with Gasteiger partial charge in [-0.3, -0.25) is 19.5 Å². The van der Waals surface area contributed by atoms with E-state index in [-0.39, 0.29) is 28.1 Å². The predicted octanol–water partition coefficient (Wildman–Crippen LogP) is 5.61. The minimum Gasteiger partial charge on any atom is -0.324 e. The summed E-state index contributed by atoms with van der Waals surface area (Å²) in [6.45, 7) is 6.65. The van der Waals surface area contributed by atoms with E-state index in [0.29, 0.717) is 17.6 Å². The molecule has 1 N–H and O–H groups in total. The Balaban J connectivity index is 1.50. The Hall–Kier alpha value is -2.69. The number of nitrogens with zero attached hydrogens (tertiary/aromatic N) is 4. The van der Waals surface area contributed by atoms with Crippen molar-refractivity contribution in [3.63, 3.8) is 0 Å². The third-order valence-corrected chi connectivity index (χ3v) is 7.79. The van der Waals surface area contributed by atoms with Crippen LogP contribution in [0.15, 0.2) is 41.4 Å². The number of rotatable bonds is 8. The zero-order valence-electron chi connectivity index (χ0n) is 17.9. The summed E-state index contributed by atoms with van der Waals surface area (Å²) in [6, 6.07) is 3.91. The van der Waals surface area contributed by atoms with Crippen LogP contribution < -0.4 is 5.32 Å². The van der Waals surface area contributed by atoms with Crippen LogP contribution in [0.2, 0.25) is 5.02 Å². The van der Waals surface area contributed by atoms with Gasteiger partial charge in [-0.25, -0.2) is 0 Å². The SMILES string of the molecule is C=CCn1c(SCC(=O)Nc2cc([N+](=O)[O-])ccc2Cl)nnc1-c1csc2c1CCC(C)C2. The molecule has 4 rings (SSSR count). The predicted molar refractivity (Wildman–Crippen MR) is 132 cm³/mol. The molecule has 0 bridgehead atoms. The van der Waals surface area contributed by atoms with E-state index < -0.39 is 4.92 Å². The van der Waals surface area contributed by atoms with Gasteiger partial charge in [0.25, 0.3) is 5.69 Å². The molecule has 1 aromatic carbocycles. The van der Waals surface area contributed by atoms with Crippen LogP contribution >= 0.6 is 34.7 Å². The summed E-state index contributed by atoms with van der Waals surface area (Å²) in [7, 11) is 0. The first-order valence-corrected chi connectivity index (χ1v) is 12.6. The van der Waals surface area contributed by atoms with Crippen LogP contribution in [0.4, 0.5) is 11.4 Å². The number of anilines is 1. The topological polar surface area (TPSA) is 103 Å². The maximum absolute atomic E-state index is 12.5. The van der Waals surface area contributed by atoms with Gasteiger partial charge < -0.3 is 5.32 Å². The Bertz CT molecular complexity index is 1220. The number of hydrogen-bond acceptors (Lipinski definition) is 7. The van der Waals surface area contributed by atoms with Crippen molar-refractivity contribution in [2.45, 2.75) is 37.9 Å². The smallest absolute Gasteiger partial charge is 0.271 e. The number of benzene rings is 1. The molecule has 33 heavy (non-hydrogen) atoms. The van der Waals surface area contributed by atoms with Crippen LogP contribution in [-0.4, -0.2) is 31.3 Å². The molecular formula is C22H22ClN5O3S2. The van der Waals surface area contributed by atoms with Crippen LogP contribution in [0, 0.1) is 16.0 Å². The molecule has 0 aliphatic heterocycles. The van der Waals surface area contributed by atoms with Crippen LogP contribution in [-0.2, 0) is 24.2 Å². The number of fused-ring (bicyclic) bond motifs is 1. The van der Waals surface area contributed by atoms with Gasteiger partial charge in [0, 0.05) is 34.5 Å². The van der Waals surface area contributed by atoms with E-state index >= 15 is 0 Å². The molecule has 1 atom stereocenters. The quantitative estimate of drug-likeness (QED) is 0.185. The number of carbonyl (C=O) groups excluding carboxylic acids is 1. The average molecular weight is 504 g/mol. The van der Waals surface area contributed by atoms with Gasteiger partial charge >= 0.3 is 0 Å². The second-order valence-electron chi connectivity index (χ2n) is 7.86. The lowest BCUT2D eigenvalue weighted by molar-refractivity contribution is -0.384. The highest BCUT2D eigenvalue weighted by Gasteiger charge is 2.24. The van der Waals surface area contributed by atoms with Crippen molar-refractivity contribution >= 4 is 52.0 Å². The molecule has 2 heterocycles. The number of amides is 1. The van der Waals surface area contributed by atoms with Gasteiger partial charge in [-0.15, -0.1) is 28.1 Å². The first-order valence-electron chi connectivity index (χ1n) is 10.4. The highest BCUT2D eigenvalue weighted by molar-refractivity contribution is 7.99. The molecule has 0 spiro atoms. The Morgan fingerprint density at radius 3 is 3.06 bits per heavy atom. The number of nitro benzene ring substituents is 1. The summed E-state index contributed by atoms with van der Waals surface area (Å²) >= 11 is 9.09. The van der Waals surface area contributed by atoms with Crippen LogP contribution in [0.1, 0.15) is 23.8 Å². The standard InChI is InChI=1S/C22H22ClN5O3S2/c1-3-8-27-21(16-11-32-19-9-13(2)4-6-15(16)19)25-26-22(27)33-12-20(29)24-18-10-14(28(30)31)5-7-17(18)23/h3,5,7,10-11,13H,1,4,6,8-9,12H2,2H3,(H,24,29). The highest BCUT2D eigenvalue weighted by atomic mass is 35.5. The van der Waals surface area contributed by atoms with Gasteiger partial charge in [0.2, 0.25) is 5.91 Å². The number of non-ortho nitro benzene ring substituents is 1. The molecule has 0 saturated heterocycles. The Labute approximate surface area is 204 Å². The lowest BCUT2D eigenvalue weighted by atomic mass is 9.88. The van der Waals surface area contributed by atoms with Gasteiger partial charge in [-0.2, -0.15) is 0 Å². The maximum atomic E-state index is 12.5. The normalized spacial score (nSPS) is 15.2. The molecule has 1 amide bonds. The van der Waals surface area contributed by atoms with Gasteiger partial charge in [-0.1, -0.05) is 36.4 Å². The molecule has 1 aliphatic carbocycles. The fraction of sp³-hybridized carbons (Fsp3) is 0.318. The summed E-state index contributed by atoms with van der Waals surface area (Å²) in [5.41, 5.74) is 2.51. The average Bonchev–Trinajstić information content (AvgIpc) is 3.37. The van der Waals surface area contributed by atoms with Crippen molar-refractivity contribution < 1.29 is 9.72 Å². The number of nitrogens with one attached hydrogen (secondary N) is 1. The highest BCUT2D eigenvalue weighted by Crippen LogP contribution is 2.38. The molecule has 1 aliphatic rings. The summed E-state index contributed by atoms with van der Waals surface area (Å²) in [6.07, 6.45) is 5.07. The minimum atomic E-state index is -0.538. The van der Waals surface area contributed by atoms with E-state index in [1.54, 1.807) is 17.4 Å². The number of thioether (sulfide) groups is 1. The molecule has 2 aromatic heterocycles. The van der Waals surface area contributed by atoms with Gasteiger partial charge in [0.05, 0.1) is 21.4 Å². The molecule has 172 valence electrons. The van der Waals surface area contributed by atoms with E-state index in [0.717, 1.165) is 30.7 Å². The van der Waals surface area contributed by atoms with Crippen molar-refractivity contribution in [3.8, 4) is 11.4 Å². The van der Waals surface area contributed by atoms with Crippen molar-refractivity contribution in [2.24, 2.45) is 5.92 Å². The van der Waals surface area contributed by atoms with Gasteiger partial charge in [0.1, 0.15) is 0 Å². The fourth-order valence-electron chi connectivity index (χ4n) is 3.79. The summed E-state index contributed by atoms with van der Waals surface area (Å²) in [5, 5.41) is 25.4. The summed E-state index contributed by atoms with van der Waals surface area (Å²) < 4.78 is 1.96. The largest absolute Gasteiger partial charge is 0.324 e. The number of nitro groups is 1. The third-order valence-electron chi connectivity index (χ3n) is 5.44. The van der Waals surface area contributed by atoms with E-state index in [9.17, 15) is 14.9 Å². The minimum absolute atomic E-state index is 0.0492. The molecule has 3 aromatic rings. The zero-order chi connectivity index (χ0) is 23.5. The van der Waals surface area contributed by atoms with Crippen molar-refractivity contribution in [3.05, 3.63) is 61.8 Å². The molecule has 1 unspecified atom stereocenters. The number of allylic oxidation sites excluding steroid dienone is 1. The number of carbonyl (C=O) groups is 1. The van der Waals surface area contributed by atoms with Crippen LogP contribution in [0.5, 0.6) is 0 Å². The first kappa shape index (κ1) is 23.5. The molecule has 0 saturated carbocycles. The van der Waals surface area contributed by atoms with Crippen LogP contribution in [0.25, 0.3) is 11.4 Å². The van der Waals surface area contributed by atoms with Crippen molar-refractivity contribution in [1.29, 1.82) is 0 Å². The lowest BCUT2D eigenvalue weighted by Gasteiger charge is -2.19. The second-order valence-corrected chi connectivity index (χ2v) is 10.2. The van der Waals surface area contributed by atoms with Crippen LogP contribution in [0.3, 0.4) is 0 Å². The second kappa shape index (κ2) is 10.1. The number of halogens is 1. The van der Waals surface area contributed by atoms with Crippen molar-refractivity contribution in [1.82, 2.24) is 14.8 Å². The molecule has 8 nitrogen and oxygen atoms in total. The summed E-state index contributed by atoms with van der Waals surface area (Å²) in [4.78, 5) is 24.4. The van der Waals surface area contributed by atoms with Gasteiger partial charge in [0.15, 0.2) is 11.0 Å². The molecule has 0 radical (unpaired) electrons. The molecule has 11 heteroatoms. The summed E-state index contributed by atoms with van der Waals surface area (Å²) in [5.74, 6) is 1.18. The number of aromatic nitrogens is 3. The Morgan fingerprint density at radius 2 is 2.30 bits per heavy atom. The molecular weight excluding hydrogens is 482 g/mol. The zero-order valence-corrected chi connectivity index (χ0v) is 20.3. The Morgan fingerprint density at radius 1 is 1.48 bits per heavy atom. The Kier molecular flexibility index (Phi) is 7.16. The fourth-order valence-corrected chi connectivity index (χ4v) is 5.95. The maximum Gasteiger partial charge on any atom is 0.271 e. The van der Waals surface area contributed by atoms with Gasteiger partial charge in [-0.05, 0) is 36.8 Å². The van der Waals surface area contributed by atoms with E-state index in [2.05, 4.69) is 34.4 Å². The third kappa shape index (κ3) is 5.13. The lowest BCUT2D eigenvalue weighted by Crippen LogP contribution is -2.15. The monoisotopic (exact) mass is 503 g/mol. The molecule has 0 fully saturated rings.